The Kier molecular flexibility index (Phi) is 3.05. The third kappa shape index (κ3) is 2.25. The van der Waals surface area contributed by atoms with Gasteiger partial charge < -0.3 is 10.5 Å². The van der Waals surface area contributed by atoms with E-state index in [1.165, 1.54) is 6.08 Å². The van der Waals surface area contributed by atoms with Crippen LogP contribution in [0.25, 0.3) is 10.8 Å². The van der Waals surface area contributed by atoms with Crippen LogP contribution < -0.4 is 5.73 Å². The molecule has 1 aromatic heterocycles. The molecule has 1 aromatic carbocycles. The summed E-state index contributed by atoms with van der Waals surface area (Å²) in [6.07, 6.45) is 3.11. The first-order valence-corrected chi connectivity index (χ1v) is 5.14. The second kappa shape index (κ2) is 4.65. The molecule has 2 aromatic rings. The highest BCUT2D eigenvalue weighted by atomic mass is 16.5. The molecule has 0 saturated heterocycles. The molecule has 0 aliphatic carbocycles. The molecule has 17 heavy (non-hydrogen) atoms. The van der Waals surface area contributed by atoms with Crippen LogP contribution >= 0.6 is 0 Å². The van der Waals surface area contributed by atoms with E-state index in [9.17, 15) is 4.79 Å². The van der Waals surface area contributed by atoms with Crippen LogP contribution in [-0.4, -0.2) is 17.6 Å². The molecule has 4 nitrogen and oxygen atoms in total. The van der Waals surface area contributed by atoms with E-state index in [1.54, 1.807) is 18.3 Å². The maximum Gasteiger partial charge on any atom is 0.357 e. The van der Waals surface area contributed by atoms with Crippen molar-refractivity contribution in [3.8, 4) is 0 Å². The van der Waals surface area contributed by atoms with Crippen LogP contribution in [0.2, 0.25) is 0 Å². The lowest BCUT2D eigenvalue weighted by atomic mass is 10.1. The fraction of sp³-hybridized carbons (Fsp3) is 0.0769. The summed E-state index contributed by atoms with van der Waals surface area (Å²) in [5.74, 6) is -0.477. The molecule has 4 heteroatoms. The zero-order valence-corrected chi connectivity index (χ0v) is 9.22. The van der Waals surface area contributed by atoms with Crippen molar-refractivity contribution < 1.29 is 9.53 Å². The average molecular weight is 228 g/mol. The number of ether oxygens (including phenoxy) is 1. The van der Waals surface area contributed by atoms with Crippen LogP contribution in [0.4, 0.5) is 5.69 Å². The first-order chi connectivity index (χ1) is 8.22. The molecule has 0 amide bonds. The minimum atomic E-state index is -0.477. The summed E-state index contributed by atoms with van der Waals surface area (Å²) >= 11 is 0. The predicted octanol–water partition coefficient (Wildman–Crippen LogP) is 2.16. The minimum absolute atomic E-state index is 0.169. The number of nitrogens with zero attached hydrogens (tertiary/aromatic N) is 1. The first-order valence-electron chi connectivity index (χ1n) is 5.14. The monoisotopic (exact) mass is 228 g/mol. The van der Waals surface area contributed by atoms with E-state index in [4.69, 9.17) is 10.5 Å². The molecule has 0 spiro atoms. The van der Waals surface area contributed by atoms with E-state index in [2.05, 4.69) is 11.6 Å². The van der Waals surface area contributed by atoms with Crippen molar-refractivity contribution in [1.29, 1.82) is 0 Å². The largest absolute Gasteiger partial charge is 0.457 e. The third-order valence-electron chi connectivity index (χ3n) is 2.34. The Balaban J connectivity index is 2.40. The molecule has 0 bridgehead atoms. The van der Waals surface area contributed by atoms with Crippen molar-refractivity contribution in [3.63, 3.8) is 0 Å². The average Bonchev–Trinajstić information content (AvgIpc) is 2.36. The number of aromatic nitrogens is 1. The number of rotatable bonds is 3. The van der Waals surface area contributed by atoms with E-state index in [1.807, 2.05) is 12.1 Å². The topological polar surface area (TPSA) is 65.2 Å². The van der Waals surface area contributed by atoms with Crippen LogP contribution in [0.3, 0.4) is 0 Å². The van der Waals surface area contributed by atoms with Gasteiger partial charge in [-0.05, 0) is 12.1 Å². The summed E-state index contributed by atoms with van der Waals surface area (Å²) in [5.41, 5.74) is 6.69. The number of anilines is 1. The Morgan fingerprint density at radius 2 is 2.35 bits per heavy atom. The van der Waals surface area contributed by atoms with Gasteiger partial charge in [0.25, 0.3) is 0 Å². The molecule has 0 aliphatic rings. The van der Waals surface area contributed by atoms with Gasteiger partial charge in [-0.15, -0.1) is 0 Å². The lowest BCUT2D eigenvalue weighted by molar-refractivity contribution is 0.0543. The summed E-state index contributed by atoms with van der Waals surface area (Å²) in [5, 5.41) is 1.69. The maximum atomic E-state index is 11.6. The van der Waals surface area contributed by atoms with Gasteiger partial charge in [-0.25, -0.2) is 9.78 Å². The van der Waals surface area contributed by atoms with Crippen molar-refractivity contribution in [2.45, 2.75) is 0 Å². The Morgan fingerprint density at radius 3 is 3.12 bits per heavy atom. The Hall–Kier alpha value is -2.36. The summed E-state index contributed by atoms with van der Waals surface area (Å²) in [4.78, 5) is 15.6. The van der Waals surface area contributed by atoms with Crippen molar-refractivity contribution >= 4 is 22.4 Å². The molecule has 0 saturated carbocycles. The molecule has 1 heterocycles. The number of nitrogen functional groups attached to an aromatic ring is 1. The van der Waals surface area contributed by atoms with Gasteiger partial charge in [0, 0.05) is 22.7 Å². The zero-order chi connectivity index (χ0) is 12.3. The predicted molar refractivity (Wildman–Crippen MR) is 66.6 cm³/mol. The molecule has 0 fully saturated rings. The van der Waals surface area contributed by atoms with Gasteiger partial charge in [0.2, 0.25) is 0 Å². The smallest absolute Gasteiger partial charge is 0.357 e. The van der Waals surface area contributed by atoms with Gasteiger partial charge >= 0.3 is 5.97 Å². The minimum Gasteiger partial charge on any atom is -0.457 e. The molecule has 2 N–H and O–H groups in total. The van der Waals surface area contributed by atoms with Crippen molar-refractivity contribution in [1.82, 2.24) is 4.98 Å². The number of hydrogen-bond donors (Lipinski definition) is 1. The third-order valence-corrected chi connectivity index (χ3v) is 2.34. The van der Waals surface area contributed by atoms with E-state index < -0.39 is 5.97 Å². The highest BCUT2D eigenvalue weighted by Crippen LogP contribution is 2.20. The summed E-state index contributed by atoms with van der Waals surface area (Å²) in [7, 11) is 0. The van der Waals surface area contributed by atoms with Crippen LogP contribution in [0, 0.1) is 0 Å². The van der Waals surface area contributed by atoms with Gasteiger partial charge in [-0.2, -0.15) is 0 Å². The second-order valence-electron chi connectivity index (χ2n) is 3.53. The number of hydrogen-bond acceptors (Lipinski definition) is 4. The lowest BCUT2D eigenvalue weighted by Gasteiger charge is -2.04. The number of carbonyl (C=O) groups is 1. The Bertz CT molecular complexity index is 579. The van der Waals surface area contributed by atoms with Crippen LogP contribution in [0.15, 0.2) is 43.1 Å². The van der Waals surface area contributed by atoms with Crippen LogP contribution in [-0.2, 0) is 4.74 Å². The zero-order valence-electron chi connectivity index (χ0n) is 9.22. The van der Waals surface area contributed by atoms with E-state index in [0.717, 1.165) is 10.8 Å². The normalized spacial score (nSPS) is 10.1. The van der Waals surface area contributed by atoms with Crippen molar-refractivity contribution in [3.05, 3.63) is 48.8 Å². The summed E-state index contributed by atoms with van der Waals surface area (Å²) in [6.45, 7) is 3.64. The van der Waals surface area contributed by atoms with Gasteiger partial charge in [-0.3, -0.25) is 0 Å². The fourth-order valence-corrected chi connectivity index (χ4v) is 1.51. The van der Waals surface area contributed by atoms with E-state index in [0.29, 0.717) is 5.69 Å². The quantitative estimate of drug-likeness (QED) is 0.496. The highest BCUT2D eigenvalue weighted by Gasteiger charge is 2.09. The number of esters is 1. The lowest BCUT2D eigenvalue weighted by Crippen LogP contribution is -2.07. The summed E-state index contributed by atoms with van der Waals surface area (Å²) in [6, 6.07) is 7.14. The maximum absolute atomic E-state index is 11.6. The van der Waals surface area contributed by atoms with Crippen LogP contribution in [0.1, 0.15) is 10.5 Å². The molecule has 2 rings (SSSR count). The van der Waals surface area contributed by atoms with Crippen LogP contribution in [0.5, 0.6) is 0 Å². The fourth-order valence-electron chi connectivity index (χ4n) is 1.51. The van der Waals surface area contributed by atoms with Gasteiger partial charge in [0.1, 0.15) is 12.3 Å². The first kappa shape index (κ1) is 11.1. The van der Waals surface area contributed by atoms with Gasteiger partial charge in [0.15, 0.2) is 0 Å². The molecule has 0 unspecified atom stereocenters. The van der Waals surface area contributed by atoms with E-state index >= 15 is 0 Å². The molecule has 0 radical (unpaired) electrons. The number of pyridine rings is 1. The number of carbonyl (C=O) groups excluding carboxylic acids is 1. The molecule has 0 aliphatic heterocycles. The van der Waals surface area contributed by atoms with Crippen molar-refractivity contribution in [2.75, 3.05) is 12.3 Å². The van der Waals surface area contributed by atoms with E-state index in [-0.39, 0.29) is 12.3 Å². The highest BCUT2D eigenvalue weighted by molar-refractivity contribution is 5.97. The standard InChI is InChI=1S/C13H12N2O2/c1-2-6-17-13(16)12-7-10-9(8-15-12)4-3-5-11(10)14/h2-5,7-8H,1,6,14H2. The Labute approximate surface area is 98.7 Å². The molecular formula is C13H12N2O2. The molecule has 86 valence electrons. The molecular weight excluding hydrogens is 216 g/mol. The number of nitrogens with two attached hydrogens (primary N) is 1. The second-order valence-corrected chi connectivity index (χ2v) is 3.53. The van der Waals surface area contributed by atoms with Gasteiger partial charge in [-0.1, -0.05) is 24.8 Å². The number of benzene rings is 1. The SMILES string of the molecule is C=CCOC(=O)c1cc2c(N)cccc2cn1. The number of fused-ring (bicyclic) bond motifs is 1. The summed E-state index contributed by atoms with van der Waals surface area (Å²) < 4.78 is 4.91. The van der Waals surface area contributed by atoms with Gasteiger partial charge in [0.05, 0.1) is 0 Å². The van der Waals surface area contributed by atoms with Crippen molar-refractivity contribution in [2.24, 2.45) is 0 Å². The molecule has 0 atom stereocenters. The Morgan fingerprint density at radius 1 is 1.53 bits per heavy atom.